The number of oxazole rings is 1. The molecule has 0 radical (unpaired) electrons. The van der Waals surface area contributed by atoms with Crippen molar-refractivity contribution in [2.24, 2.45) is 5.16 Å². The average Bonchev–Trinajstić information content (AvgIpc) is 3.19. The van der Waals surface area contributed by atoms with E-state index in [1.165, 1.54) is 26.7 Å². The molecule has 28 heavy (non-hydrogen) atoms. The van der Waals surface area contributed by atoms with Crippen LogP contribution in [0.2, 0.25) is 5.02 Å². The van der Waals surface area contributed by atoms with E-state index in [1.807, 2.05) is 24.3 Å². The van der Waals surface area contributed by atoms with Crippen molar-refractivity contribution in [3.8, 4) is 28.7 Å². The predicted octanol–water partition coefficient (Wildman–Crippen LogP) is 4.57. The zero-order chi connectivity index (χ0) is 19.9. The lowest BCUT2D eigenvalue weighted by Crippen LogP contribution is -1.94. The summed E-state index contributed by atoms with van der Waals surface area (Å²) in [6.07, 6.45) is 3.06. The van der Waals surface area contributed by atoms with E-state index in [9.17, 15) is 0 Å². The number of benzene rings is 2. The van der Waals surface area contributed by atoms with Gasteiger partial charge in [-0.25, -0.2) is 4.98 Å². The van der Waals surface area contributed by atoms with Crippen LogP contribution >= 0.6 is 11.6 Å². The van der Waals surface area contributed by atoms with E-state index in [0.717, 1.165) is 11.3 Å². The fourth-order valence-corrected chi connectivity index (χ4v) is 2.75. The Morgan fingerprint density at radius 2 is 1.86 bits per heavy atom. The molecule has 0 amide bonds. The first-order chi connectivity index (χ1) is 13.6. The first kappa shape index (κ1) is 19.6. The van der Waals surface area contributed by atoms with Crippen molar-refractivity contribution in [1.82, 2.24) is 4.98 Å². The number of methoxy groups -OCH3 is 3. The summed E-state index contributed by atoms with van der Waals surface area (Å²) < 4.78 is 21.1. The fraction of sp³-hybridized carbons (Fsp3) is 0.200. The second-order valence-corrected chi connectivity index (χ2v) is 6.03. The van der Waals surface area contributed by atoms with Crippen molar-refractivity contribution in [1.29, 1.82) is 0 Å². The lowest BCUT2D eigenvalue weighted by molar-refractivity contribution is 0.129. The van der Waals surface area contributed by atoms with E-state index in [4.69, 9.17) is 35.1 Å². The number of aromatic nitrogens is 1. The third kappa shape index (κ3) is 4.55. The highest BCUT2D eigenvalue weighted by atomic mass is 35.5. The minimum Gasteiger partial charge on any atom is -0.497 e. The molecule has 2 aromatic carbocycles. The Morgan fingerprint density at radius 1 is 1.07 bits per heavy atom. The fourth-order valence-electron chi connectivity index (χ4n) is 2.45. The van der Waals surface area contributed by atoms with Crippen molar-refractivity contribution < 1.29 is 23.5 Å². The Balaban J connectivity index is 1.61. The predicted molar refractivity (Wildman–Crippen MR) is 105 cm³/mol. The molecule has 146 valence electrons. The maximum Gasteiger partial charge on any atom is 0.226 e. The van der Waals surface area contributed by atoms with Crippen LogP contribution in [0.1, 0.15) is 11.3 Å². The van der Waals surface area contributed by atoms with Gasteiger partial charge >= 0.3 is 0 Å². The summed E-state index contributed by atoms with van der Waals surface area (Å²) >= 11 is 6.16. The van der Waals surface area contributed by atoms with Gasteiger partial charge in [-0.15, -0.1) is 0 Å². The van der Waals surface area contributed by atoms with Gasteiger partial charge in [0.05, 0.1) is 32.6 Å². The van der Waals surface area contributed by atoms with Gasteiger partial charge in [-0.2, -0.15) is 0 Å². The monoisotopic (exact) mass is 402 g/mol. The molecule has 0 aliphatic rings. The molecule has 0 N–H and O–H groups in total. The SMILES string of the molecule is COc1ccc(-c2nc(CO/N=C/c3cc(Cl)c(OC)c(OC)c3)co2)cc1. The molecule has 0 saturated heterocycles. The Bertz CT molecular complexity index is 954. The van der Waals surface area contributed by atoms with E-state index in [1.54, 1.807) is 19.2 Å². The van der Waals surface area contributed by atoms with E-state index in [0.29, 0.717) is 33.7 Å². The first-order valence-electron chi connectivity index (χ1n) is 8.30. The minimum atomic E-state index is 0.164. The van der Waals surface area contributed by atoms with Crippen LogP contribution < -0.4 is 14.2 Å². The summed E-state index contributed by atoms with van der Waals surface area (Å²) in [7, 11) is 4.68. The van der Waals surface area contributed by atoms with Crippen LogP contribution in [0.15, 0.2) is 52.2 Å². The Morgan fingerprint density at radius 3 is 2.54 bits per heavy atom. The topological polar surface area (TPSA) is 75.3 Å². The third-order valence-corrected chi connectivity index (χ3v) is 4.11. The molecule has 0 aliphatic carbocycles. The molecule has 3 rings (SSSR count). The largest absolute Gasteiger partial charge is 0.497 e. The average molecular weight is 403 g/mol. The van der Waals surface area contributed by atoms with Crippen molar-refractivity contribution in [3.63, 3.8) is 0 Å². The highest BCUT2D eigenvalue weighted by molar-refractivity contribution is 6.32. The van der Waals surface area contributed by atoms with Gasteiger partial charge in [-0.05, 0) is 36.4 Å². The van der Waals surface area contributed by atoms with Gasteiger partial charge in [0.1, 0.15) is 17.7 Å². The standard InChI is InChI=1S/C20H19ClN2O5/c1-24-16-6-4-14(5-7-16)20-23-15(11-27-20)12-28-22-10-13-8-17(21)19(26-3)18(9-13)25-2/h4-11H,12H2,1-3H3/b22-10+. The Labute approximate surface area is 167 Å². The van der Waals surface area contributed by atoms with Gasteiger partial charge in [-0.1, -0.05) is 16.8 Å². The van der Waals surface area contributed by atoms with Crippen LogP contribution in [-0.2, 0) is 11.4 Å². The van der Waals surface area contributed by atoms with E-state index in [2.05, 4.69) is 10.1 Å². The van der Waals surface area contributed by atoms with Crippen LogP contribution in [0, 0.1) is 0 Å². The maximum absolute atomic E-state index is 6.16. The molecular weight excluding hydrogens is 384 g/mol. The van der Waals surface area contributed by atoms with Crippen LogP contribution in [0.3, 0.4) is 0 Å². The zero-order valence-corrected chi connectivity index (χ0v) is 16.4. The van der Waals surface area contributed by atoms with Gasteiger partial charge < -0.3 is 23.5 Å². The summed E-state index contributed by atoms with van der Waals surface area (Å²) in [4.78, 5) is 9.67. The molecular formula is C20H19ClN2O5. The first-order valence-corrected chi connectivity index (χ1v) is 8.68. The van der Waals surface area contributed by atoms with E-state index >= 15 is 0 Å². The second-order valence-electron chi connectivity index (χ2n) is 5.62. The highest BCUT2D eigenvalue weighted by Crippen LogP contribution is 2.35. The number of nitrogens with zero attached hydrogens (tertiary/aromatic N) is 2. The summed E-state index contributed by atoms with van der Waals surface area (Å²) in [5, 5.41) is 4.36. The van der Waals surface area contributed by atoms with E-state index < -0.39 is 0 Å². The minimum absolute atomic E-state index is 0.164. The third-order valence-electron chi connectivity index (χ3n) is 3.83. The van der Waals surface area contributed by atoms with Crippen LogP contribution in [0.25, 0.3) is 11.5 Å². The van der Waals surface area contributed by atoms with Gasteiger partial charge in [0.25, 0.3) is 0 Å². The summed E-state index contributed by atoms with van der Waals surface area (Å²) in [6.45, 7) is 0.164. The van der Waals surface area contributed by atoms with Gasteiger partial charge in [0.15, 0.2) is 18.1 Å². The molecule has 1 heterocycles. The highest BCUT2D eigenvalue weighted by Gasteiger charge is 2.10. The van der Waals surface area contributed by atoms with Gasteiger partial charge in [0, 0.05) is 11.1 Å². The molecule has 8 heteroatoms. The number of oxime groups is 1. The van der Waals surface area contributed by atoms with Crippen molar-refractivity contribution in [2.45, 2.75) is 6.61 Å². The summed E-state index contributed by atoms with van der Waals surface area (Å²) in [5.74, 6) is 2.24. The number of hydrogen-bond donors (Lipinski definition) is 0. The molecule has 0 aliphatic heterocycles. The van der Waals surface area contributed by atoms with Crippen LogP contribution in [-0.4, -0.2) is 32.5 Å². The lowest BCUT2D eigenvalue weighted by Gasteiger charge is -2.09. The number of hydrogen-bond acceptors (Lipinski definition) is 7. The Kier molecular flexibility index (Phi) is 6.39. The second kappa shape index (κ2) is 9.14. The molecule has 0 unspecified atom stereocenters. The van der Waals surface area contributed by atoms with Crippen molar-refractivity contribution >= 4 is 17.8 Å². The van der Waals surface area contributed by atoms with E-state index in [-0.39, 0.29) is 6.61 Å². The van der Waals surface area contributed by atoms with Crippen molar-refractivity contribution in [3.05, 3.63) is 58.9 Å². The smallest absolute Gasteiger partial charge is 0.226 e. The summed E-state index contributed by atoms with van der Waals surface area (Å²) in [5.41, 5.74) is 2.17. The lowest BCUT2D eigenvalue weighted by atomic mass is 10.2. The zero-order valence-electron chi connectivity index (χ0n) is 15.6. The molecule has 3 aromatic rings. The number of ether oxygens (including phenoxy) is 3. The number of rotatable bonds is 8. The van der Waals surface area contributed by atoms with Gasteiger partial charge in [-0.3, -0.25) is 0 Å². The molecule has 7 nitrogen and oxygen atoms in total. The van der Waals surface area contributed by atoms with Gasteiger partial charge in [0.2, 0.25) is 5.89 Å². The molecule has 1 aromatic heterocycles. The normalized spacial score (nSPS) is 10.9. The number of halogens is 1. The molecule has 0 spiro atoms. The quantitative estimate of drug-likeness (QED) is 0.405. The molecule has 0 bridgehead atoms. The molecule has 0 saturated carbocycles. The van der Waals surface area contributed by atoms with Crippen molar-refractivity contribution in [2.75, 3.05) is 21.3 Å². The molecule has 0 fully saturated rings. The van der Waals surface area contributed by atoms with Crippen LogP contribution in [0.5, 0.6) is 17.2 Å². The summed E-state index contributed by atoms with van der Waals surface area (Å²) in [6, 6.07) is 10.9. The Hall–Kier alpha value is -3.19. The maximum atomic E-state index is 6.16. The molecule has 0 atom stereocenters. The van der Waals surface area contributed by atoms with Crippen LogP contribution in [0.4, 0.5) is 0 Å².